The number of ether oxygens (including phenoxy) is 1. The van der Waals surface area contributed by atoms with Crippen LogP contribution in [0.25, 0.3) is 32.8 Å². The van der Waals surface area contributed by atoms with Gasteiger partial charge in [0.05, 0.1) is 35.3 Å². The lowest BCUT2D eigenvalue weighted by Gasteiger charge is -2.36. The Morgan fingerprint density at radius 1 is 0.955 bits per heavy atom. The predicted molar refractivity (Wildman–Crippen MR) is 167 cm³/mol. The second-order valence-corrected chi connectivity index (χ2v) is 11.0. The molecule has 0 radical (unpaired) electrons. The fourth-order valence-electron chi connectivity index (χ4n) is 5.79. The van der Waals surface area contributed by atoms with Crippen molar-refractivity contribution in [2.24, 2.45) is 0 Å². The molecule has 1 saturated heterocycles. The van der Waals surface area contributed by atoms with Crippen LogP contribution in [0.5, 0.6) is 5.75 Å². The lowest BCUT2D eigenvalue weighted by Crippen LogP contribution is -2.49. The molecule has 1 aliphatic rings. The summed E-state index contributed by atoms with van der Waals surface area (Å²) in [6, 6.07) is 19.8. The van der Waals surface area contributed by atoms with Gasteiger partial charge in [0.2, 0.25) is 0 Å². The van der Waals surface area contributed by atoms with E-state index in [-0.39, 0.29) is 59.8 Å². The zero-order valence-electron chi connectivity index (χ0n) is 23.7. The maximum atomic E-state index is 16.5. The third kappa shape index (κ3) is 5.17. The molecule has 10 heteroatoms. The fraction of sp³-hybridized carbons (Fsp3) is 0.176. The Morgan fingerprint density at radius 3 is 2.32 bits per heavy atom. The number of aromatic nitrogens is 1. The van der Waals surface area contributed by atoms with Crippen LogP contribution in [0, 0.1) is 11.6 Å². The number of hydrogen-bond donors (Lipinski definition) is 0. The first-order valence-electron chi connectivity index (χ1n) is 13.9. The molecule has 0 saturated carbocycles. The number of hydrogen-bond acceptors (Lipinski definition) is 4. The van der Waals surface area contributed by atoms with Gasteiger partial charge in [-0.1, -0.05) is 48.5 Å². The molecule has 2 heterocycles. The molecule has 1 amide bonds. The number of piperazine rings is 1. The van der Waals surface area contributed by atoms with E-state index < -0.39 is 28.9 Å². The molecule has 44 heavy (non-hydrogen) atoms. The molecule has 0 bridgehead atoms. The van der Waals surface area contributed by atoms with Crippen LogP contribution in [-0.2, 0) is 11.3 Å². The molecule has 6 nitrogen and oxygen atoms in total. The summed E-state index contributed by atoms with van der Waals surface area (Å²) in [5, 5.41) is 0.990. The van der Waals surface area contributed by atoms with Gasteiger partial charge >= 0.3 is 0 Å². The van der Waals surface area contributed by atoms with Crippen molar-refractivity contribution in [3.8, 4) is 16.9 Å². The van der Waals surface area contributed by atoms with Gasteiger partial charge in [-0.05, 0) is 53.6 Å². The molecular formula is C34H27ClF3N3O3. The van der Waals surface area contributed by atoms with Crippen molar-refractivity contribution in [3.63, 3.8) is 0 Å². The fourth-order valence-corrected chi connectivity index (χ4v) is 6.07. The van der Waals surface area contributed by atoms with Crippen molar-refractivity contribution < 1.29 is 22.7 Å². The van der Waals surface area contributed by atoms with Crippen molar-refractivity contribution in [2.45, 2.75) is 6.54 Å². The van der Waals surface area contributed by atoms with Crippen LogP contribution in [0.3, 0.4) is 0 Å². The van der Waals surface area contributed by atoms with Gasteiger partial charge in [0, 0.05) is 42.5 Å². The van der Waals surface area contributed by atoms with Crippen LogP contribution >= 0.6 is 11.6 Å². The summed E-state index contributed by atoms with van der Waals surface area (Å²) in [6.07, 6.45) is 0. The molecule has 5 aromatic rings. The molecule has 0 unspecified atom stereocenters. The average molecular weight is 618 g/mol. The van der Waals surface area contributed by atoms with Crippen LogP contribution in [0.2, 0.25) is 5.02 Å². The van der Waals surface area contributed by atoms with Gasteiger partial charge in [-0.15, -0.1) is 0 Å². The van der Waals surface area contributed by atoms with E-state index in [1.54, 1.807) is 65.1 Å². The highest BCUT2D eigenvalue weighted by Crippen LogP contribution is 2.36. The van der Waals surface area contributed by atoms with Crippen molar-refractivity contribution >= 4 is 44.9 Å². The summed E-state index contributed by atoms with van der Waals surface area (Å²) in [4.78, 5) is 29.2. The minimum absolute atomic E-state index is 0.135. The Balaban J connectivity index is 1.52. The molecule has 0 N–H and O–H groups in total. The van der Waals surface area contributed by atoms with E-state index in [4.69, 9.17) is 16.3 Å². The second kappa shape index (κ2) is 11.7. The number of anilines is 1. The SMILES string of the molecule is C=C(F)C(=O)N1CCN(c2ccc3c(=O)n(Cc4ccc(OC)cc4)c4cc(-c5c(F)cccc5Cl)ccc4c3c2F)CC1. The number of carbonyl (C=O) groups excluding carboxylic acids is 1. The third-order valence-electron chi connectivity index (χ3n) is 8.05. The first kappa shape index (κ1) is 29.3. The number of rotatable bonds is 6. The van der Waals surface area contributed by atoms with E-state index >= 15 is 4.39 Å². The van der Waals surface area contributed by atoms with E-state index in [9.17, 15) is 18.4 Å². The quantitative estimate of drug-likeness (QED) is 0.153. The summed E-state index contributed by atoms with van der Waals surface area (Å²) in [5.41, 5.74) is 1.68. The molecule has 1 fully saturated rings. The molecule has 0 spiro atoms. The third-order valence-corrected chi connectivity index (χ3v) is 8.36. The number of methoxy groups -OCH3 is 1. The Hall–Kier alpha value is -4.76. The van der Waals surface area contributed by atoms with Gasteiger partial charge in [-0.3, -0.25) is 9.59 Å². The van der Waals surface area contributed by atoms with E-state index in [0.29, 0.717) is 22.2 Å². The number of amides is 1. The number of pyridine rings is 1. The van der Waals surface area contributed by atoms with Crippen LogP contribution in [0.15, 0.2) is 90.0 Å². The highest BCUT2D eigenvalue weighted by Gasteiger charge is 2.26. The minimum atomic E-state index is -1.04. The summed E-state index contributed by atoms with van der Waals surface area (Å²) in [7, 11) is 1.56. The maximum Gasteiger partial charge on any atom is 0.282 e. The van der Waals surface area contributed by atoms with Crippen molar-refractivity contribution in [1.29, 1.82) is 0 Å². The number of carbonyl (C=O) groups is 1. The smallest absolute Gasteiger partial charge is 0.282 e. The number of benzene rings is 4. The first-order valence-corrected chi connectivity index (χ1v) is 14.3. The predicted octanol–water partition coefficient (Wildman–Crippen LogP) is 6.94. The van der Waals surface area contributed by atoms with Gasteiger partial charge in [-0.25, -0.2) is 13.2 Å². The largest absolute Gasteiger partial charge is 0.497 e. The van der Waals surface area contributed by atoms with Gasteiger partial charge in [-0.2, -0.15) is 0 Å². The van der Waals surface area contributed by atoms with Crippen LogP contribution in [-0.4, -0.2) is 48.7 Å². The topological polar surface area (TPSA) is 54.8 Å². The summed E-state index contributed by atoms with van der Waals surface area (Å²) < 4.78 is 51.6. The summed E-state index contributed by atoms with van der Waals surface area (Å²) >= 11 is 6.38. The van der Waals surface area contributed by atoms with E-state index in [1.807, 2.05) is 12.1 Å². The summed E-state index contributed by atoms with van der Waals surface area (Å²) in [5.74, 6) is -2.27. The normalized spacial score (nSPS) is 13.5. The van der Waals surface area contributed by atoms with Gasteiger partial charge in [0.1, 0.15) is 11.6 Å². The van der Waals surface area contributed by atoms with Gasteiger partial charge < -0.3 is 19.1 Å². The highest BCUT2D eigenvalue weighted by atomic mass is 35.5. The van der Waals surface area contributed by atoms with E-state index in [1.165, 1.54) is 17.0 Å². The van der Waals surface area contributed by atoms with Crippen LogP contribution in [0.4, 0.5) is 18.9 Å². The van der Waals surface area contributed by atoms with Crippen molar-refractivity contribution in [1.82, 2.24) is 9.47 Å². The van der Waals surface area contributed by atoms with Gasteiger partial charge in [0.15, 0.2) is 11.6 Å². The Labute approximate surface area is 256 Å². The van der Waals surface area contributed by atoms with Crippen LogP contribution in [0.1, 0.15) is 5.56 Å². The summed E-state index contributed by atoms with van der Waals surface area (Å²) in [6.45, 7) is 4.16. The second-order valence-electron chi connectivity index (χ2n) is 10.6. The maximum absolute atomic E-state index is 16.5. The first-order chi connectivity index (χ1) is 21.2. The molecular weight excluding hydrogens is 591 g/mol. The molecule has 0 atom stereocenters. The number of halogens is 4. The zero-order chi connectivity index (χ0) is 31.1. The molecule has 224 valence electrons. The van der Waals surface area contributed by atoms with Crippen molar-refractivity contribution in [2.75, 3.05) is 38.2 Å². The van der Waals surface area contributed by atoms with Gasteiger partial charge in [0.25, 0.3) is 11.5 Å². The molecule has 0 aliphatic carbocycles. The molecule has 6 rings (SSSR count). The molecule has 1 aromatic heterocycles. The molecule has 4 aromatic carbocycles. The Morgan fingerprint density at radius 2 is 1.66 bits per heavy atom. The highest BCUT2D eigenvalue weighted by molar-refractivity contribution is 6.33. The zero-order valence-corrected chi connectivity index (χ0v) is 24.5. The number of nitrogens with zero attached hydrogens (tertiary/aromatic N) is 3. The van der Waals surface area contributed by atoms with Crippen molar-refractivity contribution in [3.05, 3.63) is 118 Å². The number of fused-ring (bicyclic) bond motifs is 3. The Bertz CT molecular complexity index is 1980. The standard InChI is InChI=1S/C34H27ClF3N3O3/c1-20(36)33(42)40-16-14-39(15-17-40)28-13-12-25-31(32(28)38)24-11-8-22(30-26(35)4-3-5-27(30)37)18-29(24)41(34(25)43)19-21-6-9-23(44-2)10-7-21/h3-13,18H,1,14-17,19H2,2H3. The lowest BCUT2D eigenvalue weighted by atomic mass is 9.98. The Kier molecular flexibility index (Phi) is 7.82. The van der Waals surface area contributed by atoms with Crippen LogP contribution < -0.4 is 15.2 Å². The van der Waals surface area contributed by atoms with E-state index in [2.05, 4.69) is 6.58 Å². The monoisotopic (exact) mass is 617 g/mol. The lowest BCUT2D eigenvalue weighted by molar-refractivity contribution is -0.128. The van der Waals surface area contributed by atoms with E-state index in [0.717, 1.165) is 5.56 Å². The average Bonchev–Trinajstić information content (AvgIpc) is 3.03. The minimum Gasteiger partial charge on any atom is -0.497 e. The molecule has 1 aliphatic heterocycles.